The SMILES string of the molecule is c1ccc(-c2ccccc2N(c2ccc3c(c2)C24c5ccccc5-c5cccc(c52)-c2cccc-3c24)c2ccc3ccccc3c2)cc1. The Balaban J connectivity index is 1.22. The molecule has 0 bridgehead atoms. The molecule has 0 fully saturated rings. The molecule has 0 saturated heterocycles. The summed E-state index contributed by atoms with van der Waals surface area (Å²) in [5.41, 5.74) is 19.4. The van der Waals surface area contributed by atoms with Gasteiger partial charge in [0.15, 0.2) is 0 Å². The topological polar surface area (TPSA) is 3.24 Å². The average Bonchev–Trinajstić information content (AvgIpc) is 3.75. The van der Waals surface area contributed by atoms with Crippen LogP contribution < -0.4 is 4.90 Å². The quantitative estimate of drug-likeness (QED) is 0.192. The largest absolute Gasteiger partial charge is 0.310 e. The number of anilines is 3. The van der Waals surface area contributed by atoms with E-state index in [1.807, 2.05) is 0 Å². The molecule has 0 radical (unpaired) electrons. The molecular formula is C47H29N. The van der Waals surface area contributed by atoms with Crippen LogP contribution in [0.4, 0.5) is 17.1 Å². The van der Waals surface area contributed by atoms with Crippen molar-refractivity contribution >= 4 is 27.8 Å². The van der Waals surface area contributed by atoms with Crippen LogP contribution in [0.25, 0.3) is 55.3 Å². The fourth-order valence-corrected chi connectivity index (χ4v) is 9.15. The van der Waals surface area contributed by atoms with E-state index in [9.17, 15) is 0 Å². The maximum absolute atomic E-state index is 2.50. The molecule has 0 heterocycles. The summed E-state index contributed by atoms with van der Waals surface area (Å²) in [4.78, 5) is 2.47. The summed E-state index contributed by atoms with van der Waals surface area (Å²) >= 11 is 0. The zero-order chi connectivity index (χ0) is 31.4. The summed E-state index contributed by atoms with van der Waals surface area (Å²) in [6.07, 6.45) is 0. The lowest BCUT2D eigenvalue weighted by molar-refractivity contribution is 0.818. The standard InChI is InChI=1S/C47H29N/c1-2-13-31(14-3-1)35-16-7-9-23-44(35)48(33-25-24-30-12-4-5-15-32(30)28-33)34-26-27-37-39-19-11-21-41-40-20-10-18-38-36-17-6-8-22-42(36)47(45(38)40,46(39)41)43(37)29-34/h1-29H. The van der Waals surface area contributed by atoms with Crippen molar-refractivity contribution in [2.45, 2.75) is 5.41 Å². The Morgan fingerprint density at radius 2 is 0.875 bits per heavy atom. The van der Waals surface area contributed by atoms with E-state index in [2.05, 4.69) is 181 Å². The van der Waals surface area contributed by atoms with Gasteiger partial charge in [0.1, 0.15) is 0 Å². The summed E-state index contributed by atoms with van der Waals surface area (Å²) in [7, 11) is 0. The van der Waals surface area contributed by atoms with Gasteiger partial charge < -0.3 is 4.90 Å². The lowest BCUT2D eigenvalue weighted by atomic mass is 9.73. The number of fused-ring (bicyclic) bond motifs is 6. The third kappa shape index (κ3) is 3.21. The Labute approximate surface area is 280 Å². The Morgan fingerprint density at radius 1 is 0.333 bits per heavy atom. The fourth-order valence-electron chi connectivity index (χ4n) is 9.15. The molecule has 1 spiro atoms. The molecule has 0 aliphatic heterocycles. The molecular weight excluding hydrogens is 579 g/mol. The van der Waals surface area contributed by atoms with E-state index >= 15 is 0 Å². The first-order valence-electron chi connectivity index (χ1n) is 16.8. The van der Waals surface area contributed by atoms with E-state index in [1.165, 1.54) is 77.5 Å². The first-order valence-corrected chi connectivity index (χ1v) is 16.8. The Hall–Kier alpha value is -6.18. The van der Waals surface area contributed by atoms with E-state index in [0.29, 0.717) is 0 Å². The molecule has 0 N–H and O–H groups in total. The molecule has 0 amide bonds. The van der Waals surface area contributed by atoms with Crippen molar-refractivity contribution in [2.75, 3.05) is 4.90 Å². The van der Waals surface area contributed by atoms with Crippen molar-refractivity contribution in [3.8, 4) is 44.5 Å². The number of hydrogen-bond donors (Lipinski definition) is 0. The minimum atomic E-state index is -0.326. The monoisotopic (exact) mass is 607 g/mol. The average molecular weight is 608 g/mol. The molecule has 1 nitrogen and oxygen atoms in total. The van der Waals surface area contributed by atoms with Gasteiger partial charge in [-0.1, -0.05) is 146 Å². The van der Waals surface area contributed by atoms with Crippen LogP contribution in [-0.2, 0) is 5.41 Å². The second kappa shape index (κ2) is 9.44. The first kappa shape index (κ1) is 25.9. The van der Waals surface area contributed by atoms with Gasteiger partial charge >= 0.3 is 0 Å². The van der Waals surface area contributed by atoms with Gasteiger partial charge in [0, 0.05) is 16.9 Å². The maximum Gasteiger partial charge on any atom is 0.0738 e. The molecule has 8 aromatic rings. The molecule has 11 rings (SSSR count). The van der Waals surface area contributed by atoms with Crippen LogP contribution in [0.2, 0.25) is 0 Å². The van der Waals surface area contributed by atoms with Crippen molar-refractivity contribution in [3.63, 3.8) is 0 Å². The van der Waals surface area contributed by atoms with Gasteiger partial charge in [0.25, 0.3) is 0 Å². The van der Waals surface area contributed by atoms with Crippen LogP contribution in [0, 0.1) is 0 Å². The van der Waals surface area contributed by atoms with Crippen molar-refractivity contribution in [1.82, 2.24) is 0 Å². The number of rotatable bonds is 4. The van der Waals surface area contributed by atoms with E-state index < -0.39 is 0 Å². The van der Waals surface area contributed by atoms with Crippen molar-refractivity contribution in [3.05, 3.63) is 198 Å². The molecule has 48 heavy (non-hydrogen) atoms. The fraction of sp³-hybridized carbons (Fsp3) is 0.0213. The Bertz CT molecular complexity index is 2590. The molecule has 0 saturated carbocycles. The Morgan fingerprint density at radius 3 is 1.65 bits per heavy atom. The highest BCUT2D eigenvalue weighted by atomic mass is 15.1. The highest BCUT2D eigenvalue weighted by Gasteiger charge is 2.57. The van der Waals surface area contributed by atoms with Crippen LogP contribution in [0.3, 0.4) is 0 Å². The zero-order valence-corrected chi connectivity index (χ0v) is 26.2. The smallest absolute Gasteiger partial charge is 0.0738 e. The van der Waals surface area contributed by atoms with E-state index in [-0.39, 0.29) is 5.41 Å². The van der Waals surface area contributed by atoms with Gasteiger partial charge in [-0.25, -0.2) is 0 Å². The van der Waals surface area contributed by atoms with E-state index in [0.717, 1.165) is 17.1 Å². The number of para-hydroxylation sites is 1. The lowest BCUT2D eigenvalue weighted by Gasteiger charge is -2.31. The molecule has 1 heteroatoms. The van der Waals surface area contributed by atoms with Crippen LogP contribution in [0.15, 0.2) is 176 Å². The minimum absolute atomic E-state index is 0.326. The summed E-state index contributed by atoms with van der Waals surface area (Å²) in [5, 5.41) is 2.47. The molecule has 8 aromatic carbocycles. The van der Waals surface area contributed by atoms with Gasteiger partial charge in [-0.2, -0.15) is 0 Å². The zero-order valence-electron chi connectivity index (χ0n) is 26.2. The predicted molar refractivity (Wildman–Crippen MR) is 199 cm³/mol. The van der Waals surface area contributed by atoms with Crippen LogP contribution in [0.1, 0.15) is 22.3 Å². The molecule has 3 aliphatic carbocycles. The second-order valence-electron chi connectivity index (χ2n) is 13.2. The van der Waals surface area contributed by atoms with Gasteiger partial charge in [-0.05, 0) is 102 Å². The minimum Gasteiger partial charge on any atom is -0.310 e. The number of hydrogen-bond acceptors (Lipinski definition) is 1. The van der Waals surface area contributed by atoms with Gasteiger partial charge in [-0.15, -0.1) is 0 Å². The van der Waals surface area contributed by atoms with Crippen molar-refractivity contribution in [1.29, 1.82) is 0 Å². The Kier molecular flexibility index (Phi) is 5.10. The first-order chi connectivity index (χ1) is 23.8. The van der Waals surface area contributed by atoms with Gasteiger partial charge in [0.05, 0.1) is 11.1 Å². The molecule has 1 unspecified atom stereocenters. The lowest BCUT2D eigenvalue weighted by Crippen LogP contribution is -2.23. The third-order valence-corrected chi connectivity index (χ3v) is 11.0. The normalized spacial score (nSPS) is 15.6. The van der Waals surface area contributed by atoms with Crippen molar-refractivity contribution < 1.29 is 0 Å². The summed E-state index contributed by atoms with van der Waals surface area (Å²) in [6.45, 7) is 0. The second-order valence-corrected chi connectivity index (χ2v) is 13.2. The maximum atomic E-state index is 2.50. The highest BCUT2D eigenvalue weighted by Crippen LogP contribution is 2.70. The molecule has 3 aliphatic rings. The molecule has 222 valence electrons. The number of benzene rings is 8. The number of nitrogens with zero attached hydrogens (tertiary/aromatic N) is 1. The van der Waals surface area contributed by atoms with Crippen LogP contribution in [-0.4, -0.2) is 0 Å². The predicted octanol–water partition coefficient (Wildman–Crippen LogP) is 12.3. The summed E-state index contributed by atoms with van der Waals surface area (Å²) in [6, 6.07) is 65.3. The van der Waals surface area contributed by atoms with Gasteiger partial charge in [-0.3, -0.25) is 0 Å². The van der Waals surface area contributed by atoms with E-state index in [4.69, 9.17) is 0 Å². The molecule has 0 aromatic heterocycles. The van der Waals surface area contributed by atoms with E-state index in [1.54, 1.807) is 0 Å². The van der Waals surface area contributed by atoms with Crippen LogP contribution >= 0.6 is 0 Å². The molecule has 1 atom stereocenters. The van der Waals surface area contributed by atoms with Crippen LogP contribution in [0.5, 0.6) is 0 Å². The van der Waals surface area contributed by atoms with Crippen molar-refractivity contribution in [2.24, 2.45) is 0 Å². The summed E-state index contributed by atoms with van der Waals surface area (Å²) in [5.74, 6) is 0. The summed E-state index contributed by atoms with van der Waals surface area (Å²) < 4.78 is 0. The third-order valence-electron chi connectivity index (χ3n) is 11.0. The highest BCUT2D eigenvalue weighted by molar-refractivity contribution is 6.06. The van der Waals surface area contributed by atoms with Gasteiger partial charge in [0.2, 0.25) is 0 Å².